The lowest BCUT2D eigenvalue weighted by atomic mass is 10.2. The highest BCUT2D eigenvalue weighted by Gasteiger charge is 2.21. The van der Waals surface area contributed by atoms with Gasteiger partial charge >= 0.3 is 0 Å². The number of hydrogen-bond donors (Lipinski definition) is 1. The van der Waals surface area contributed by atoms with Crippen LogP contribution in [0.15, 0.2) is 0 Å². The molecule has 3 heteroatoms. The van der Waals surface area contributed by atoms with Gasteiger partial charge in [0.05, 0.1) is 6.04 Å². The molecule has 0 heterocycles. The van der Waals surface area contributed by atoms with Crippen molar-refractivity contribution in [1.82, 2.24) is 10.2 Å². The van der Waals surface area contributed by atoms with E-state index >= 15 is 0 Å². The van der Waals surface area contributed by atoms with Gasteiger partial charge < -0.3 is 10.2 Å². The van der Waals surface area contributed by atoms with E-state index < -0.39 is 0 Å². The quantitative estimate of drug-likeness (QED) is 0.709. The minimum atomic E-state index is -0.0295. The maximum Gasteiger partial charge on any atom is 0.238 e. The predicted molar refractivity (Wildman–Crippen MR) is 53.5 cm³/mol. The van der Waals surface area contributed by atoms with Crippen LogP contribution >= 0.6 is 0 Å². The van der Waals surface area contributed by atoms with Gasteiger partial charge in [0, 0.05) is 20.1 Å². The summed E-state index contributed by atoms with van der Waals surface area (Å²) >= 11 is 0. The molecule has 0 aliphatic heterocycles. The van der Waals surface area contributed by atoms with Crippen molar-refractivity contribution in [3.63, 3.8) is 0 Å². The molecule has 0 spiro atoms. The molecule has 0 aromatic rings. The lowest BCUT2D eigenvalue weighted by molar-refractivity contribution is -0.130. The Bertz CT molecular complexity index is 174. The first-order valence-corrected chi connectivity index (χ1v) is 5.08. The molecule has 0 aromatic heterocycles. The van der Waals surface area contributed by atoms with Gasteiger partial charge in [-0.2, -0.15) is 0 Å². The topological polar surface area (TPSA) is 32.3 Å². The van der Waals surface area contributed by atoms with E-state index in [1.807, 2.05) is 6.92 Å². The van der Waals surface area contributed by atoms with Crippen LogP contribution in [0.1, 0.15) is 32.6 Å². The monoisotopic (exact) mass is 184 g/mol. The van der Waals surface area contributed by atoms with Crippen molar-refractivity contribution < 1.29 is 4.79 Å². The highest BCUT2D eigenvalue weighted by molar-refractivity contribution is 5.80. The molecule has 1 amide bonds. The van der Waals surface area contributed by atoms with E-state index in [0.717, 1.165) is 0 Å². The molecule has 0 radical (unpaired) electrons. The van der Waals surface area contributed by atoms with Gasteiger partial charge in [-0.3, -0.25) is 4.79 Å². The molecule has 3 nitrogen and oxygen atoms in total. The summed E-state index contributed by atoms with van der Waals surface area (Å²) in [5.74, 6) is 0.173. The minimum absolute atomic E-state index is 0.0295. The van der Waals surface area contributed by atoms with Gasteiger partial charge in [-0.05, 0) is 19.8 Å². The maximum absolute atomic E-state index is 11.5. The Morgan fingerprint density at radius 1 is 1.38 bits per heavy atom. The Hall–Kier alpha value is -0.570. The summed E-state index contributed by atoms with van der Waals surface area (Å²) in [5, 5.41) is 3.37. The molecule has 1 rings (SSSR count). The molecule has 0 bridgehead atoms. The first kappa shape index (κ1) is 10.5. The highest BCUT2D eigenvalue weighted by atomic mass is 16.2. The molecule has 1 N–H and O–H groups in total. The van der Waals surface area contributed by atoms with Crippen molar-refractivity contribution in [2.75, 3.05) is 14.1 Å². The van der Waals surface area contributed by atoms with E-state index in [1.165, 1.54) is 25.7 Å². The third-order valence-electron chi connectivity index (χ3n) is 2.65. The van der Waals surface area contributed by atoms with E-state index in [1.54, 1.807) is 19.0 Å². The first-order chi connectivity index (χ1) is 6.11. The molecular formula is C10H20N2O. The van der Waals surface area contributed by atoms with Crippen molar-refractivity contribution >= 4 is 5.91 Å². The van der Waals surface area contributed by atoms with Crippen LogP contribution in [-0.2, 0) is 4.79 Å². The summed E-state index contributed by atoms with van der Waals surface area (Å²) in [7, 11) is 3.60. The molecule has 13 heavy (non-hydrogen) atoms. The Morgan fingerprint density at radius 2 is 1.92 bits per heavy atom. The highest BCUT2D eigenvalue weighted by Crippen LogP contribution is 2.18. The number of hydrogen-bond acceptors (Lipinski definition) is 2. The van der Waals surface area contributed by atoms with Crippen molar-refractivity contribution in [3.8, 4) is 0 Å². The number of amides is 1. The molecule has 1 aliphatic carbocycles. The maximum atomic E-state index is 11.5. The largest absolute Gasteiger partial charge is 0.347 e. The summed E-state index contributed by atoms with van der Waals surface area (Å²) in [4.78, 5) is 13.1. The standard InChI is InChI=1S/C10H20N2O/c1-8(10(13)12(2)3)11-9-6-4-5-7-9/h8-9,11H,4-7H2,1-3H3/t8-/m1/s1. The van der Waals surface area contributed by atoms with Crippen LogP contribution in [-0.4, -0.2) is 37.0 Å². The summed E-state index contributed by atoms with van der Waals surface area (Å²) in [6, 6.07) is 0.539. The van der Waals surface area contributed by atoms with E-state index in [2.05, 4.69) is 5.32 Å². The zero-order chi connectivity index (χ0) is 9.84. The molecule has 0 aromatic carbocycles. The summed E-state index contributed by atoms with van der Waals surface area (Å²) < 4.78 is 0. The van der Waals surface area contributed by atoms with Crippen LogP contribution in [0.3, 0.4) is 0 Å². The normalized spacial score (nSPS) is 20.2. The lowest BCUT2D eigenvalue weighted by Gasteiger charge is -2.21. The van der Waals surface area contributed by atoms with E-state index in [-0.39, 0.29) is 11.9 Å². The van der Waals surface area contributed by atoms with E-state index in [0.29, 0.717) is 6.04 Å². The van der Waals surface area contributed by atoms with E-state index in [4.69, 9.17) is 0 Å². The Balaban J connectivity index is 2.31. The molecule has 1 saturated carbocycles. The molecule has 0 saturated heterocycles. The fraction of sp³-hybridized carbons (Fsp3) is 0.900. The second-order valence-corrected chi connectivity index (χ2v) is 4.10. The second kappa shape index (κ2) is 4.61. The Labute approximate surface area is 80.5 Å². The molecule has 1 fully saturated rings. The molecule has 1 aliphatic rings. The van der Waals surface area contributed by atoms with Crippen molar-refractivity contribution in [2.24, 2.45) is 0 Å². The zero-order valence-electron chi connectivity index (χ0n) is 8.84. The van der Waals surface area contributed by atoms with Crippen LogP contribution in [0.4, 0.5) is 0 Å². The third-order valence-corrected chi connectivity index (χ3v) is 2.65. The second-order valence-electron chi connectivity index (χ2n) is 4.10. The number of nitrogens with zero attached hydrogens (tertiary/aromatic N) is 1. The zero-order valence-corrected chi connectivity index (χ0v) is 8.84. The van der Waals surface area contributed by atoms with Gasteiger partial charge in [-0.15, -0.1) is 0 Å². The Morgan fingerprint density at radius 3 is 2.38 bits per heavy atom. The van der Waals surface area contributed by atoms with Crippen LogP contribution < -0.4 is 5.32 Å². The third kappa shape index (κ3) is 2.99. The summed E-state index contributed by atoms with van der Waals surface area (Å²) in [5.41, 5.74) is 0. The number of carbonyl (C=O) groups is 1. The van der Waals surface area contributed by atoms with Gasteiger partial charge in [-0.25, -0.2) is 0 Å². The summed E-state index contributed by atoms with van der Waals surface area (Å²) in [6.07, 6.45) is 5.07. The van der Waals surface area contributed by atoms with Gasteiger partial charge in [0.1, 0.15) is 0 Å². The van der Waals surface area contributed by atoms with Crippen LogP contribution in [0, 0.1) is 0 Å². The van der Waals surface area contributed by atoms with Gasteiger partial charge in [0.2, 0.25) is 5.91 Å². The van der Waals surface area contributed by atoms with Gasteiger partial charge in [0.15, 0.2) is 0 Å². The average molecular weight is 184 g/mol. The van der Waals surface area contributed by atoms with Crippen LogP contribution in [0.2, 0.25) is 0 Å². The van der Waals surface area contributed by atoms with Gasteiger partial charge in [-0.1, -0.05) is 12.8 Å². The lowest BCUT2D eigenvalue weighted by Crippen LogP contribution is -2.45. The fourth-order valence-electron chi connectivity index (χ4n) is 1.90. The average Bonchev–Trinajstić information content (AvgIpc) is 2.55. The van der Waals surface area contributed by atoms with Crippen LogP contribution in [0.5, 0.6) is 0 Å². The SMILES string of the molecule is C[C@@H](NC1CCCC1)C(=O)N(C)C. The molecular weight excluding hydrogens is 164 g/mol. The smallest absolute Gasteiger partial charge is 0.238 e. The van der Waals surface area contributed by atoms with Crippen molar-refractivity contribution in [1.29, 1.82) is 0 Å². The van der Waals surface area contributed by atoms with Crippen LogP contribution in [0.25, 0.3) is 0 Å². The minimum Gasteiger partial charge on any atom is -0.347 e. The summed E-state index contributed by atoms with van der Waals surface area (Å²) in [6.45, 7) is 1.95. The number of likely N-dealkylation sites (N-methyl/N-ethyl adjacent to an activating group) is 1. The fourth-order valence-corrected chi connectivity index (χ4v) is 1.90. The molecule has 1 atom stereocenters. The predicted octanol–water partition coefficient (Wildman–Crippen LogP) is 0.995. The number of carbonyl (C=O) groups excluding carboxylic acids is 1. The first-order valence-electron chi connectivity index (χ1n) is 5.08. The van der Waals surface area contributed by atoms with E-state index in [9.17, 15) is 4.79 Å². The number of nitrogens with one attached hydrogen (secondary N) is 1. The number of rotatable bonds is 3. The molecule has 76 valence electrons. The Kier molecular flexibility index (Phi) is 3.72. The van der Waals surface area contributed by atoms with Crippen molar-refractivity contribution in [2.45, 2.75) is 44.7 Å². The molecule has 0 unspecified atom stereocenters. The van der Waals surface area contributed by atoms with Crippen molar-refractivity contribution in [3.05, 3.63) is 0 Å². The van der Waals surface area contributed by atoms with Gasteiger partial charge in [0.25, 0.3) is 0 Å².